The van der Waals surface area contributed by atoms with Gasteiger partial charge in [-0.2, -0.15) is 0 Å². The summed E-state index contributed by atoms with van der Waals surface area (Å²) in [5, 5.41) is 12.4. The van der Waals surface area contributed by atoms with Gasteiger partial charge in [0.25, 0.3) is 0 Å². The smallest absolute Gasteiger partial charge is 0.168 e. The number of aliphatic hydroxyl groups is 1. The fourth-order valence-corrected chi connectivity index (χ4v) is 2.10. The summed E-state index contributed by atoms with van der Waals surface area (Å²) in [5.74, 6) is -1.13. The molecule has 0 amide bonds. The highest BCUT2D eigenvalue weighted by atomic mass is 19.1. The molecule has 1 aromatic heterocycles. The summed E-state index contributed by atoms with van der Waals surface area (Å²) in [6.07, 6.45) is 0.247. The quantitative estimate of drug-likeness (QED) is 0.845. The summed E-state index contributed by atoms with van der Waals surface area (Å²) in [4.78, 5) is 5.58. The number of hydrogen-bond acceptors (Lipinski definition) is 4. The van der Waals surface area contributed by atoms with Crippen LogP contribution in [0.2, 0.25) is 0 Å². The van der Waals surface area contributed by atoms with Crippen LogP contribution in [0.1, 0.15) is 13.3 Å². The molecule has 2 rings (SSSR count). The summed E-state index contributed by atoms with van der Waals surface area (Å²) in [5.41, 5.74) is 0. The summed E-state index contributed by atoms with van der Waals surface area (Å²) in [6, 6.07) is 0.818. The molecule has 2 heterocycles. The fraction of sp³-hybridized carbons (Fsp3) is 0.583. The van der Waals surface area contributed by atoms with Crippen molar-refractivity contribution < 1.29 is 13.9 Å². The Labute approximate surface area is 105 Å². The van der Waals surface area contributed by atoms with E-state index in [9.17, 15) is 13.9 Å². The molecule has 18 heavy (non-hydrogen) atoms. The van der Waals surface area contributed by atoms with E-state index in [4.69, 9.17) is 0 Å². The number of anilines is 2. The molecule has 4 nitrogen and oxygen atoms in total. The van der Waals surface area contributed by atoms with Gasteiger partial charge >= 0.3 is 0 Å². The van der Waals surface area contributed by atoms with Crippen LogP contribution in [0.4, 0.5) is 20.4 Å². The van der Waals surface area contributed by atoms with Gasteiger partial charge in [0.05, 0.1) is 6.10 Å². The van der Waals surface area contributed by atoms with Crippen molar-refractivity contribution in [3.8, 4) is 0 Å². The van der Waals surface area contributed by atoms with Gasteiger partial charge in [-0.15, -0.1) is 0 Å². The number of pyridine rings is 1. The van der Waals surface area contributed by atoms with Gasteiger partial charge in [0.15, 0.2) is 23.3 Å². The van der Waals surface area contributed by atoms with Crippen LogP contribution in [0.15, 0.2) is 6.07 Å². The summed E-state index contributed by atoms with van der Waals surface area (Å²) < 4.78 is 27.0. The SMILES string of the molecule is CNc1nc(N2CCC(C)C(O)C2)c(F)cc1F. The second-order valence-electron chi connectivity index (χ2n) is 4.65. The summed E-state index contributed by atoms with van der Waals surface area (Å²) in [6.45, 7) is 2.88. The first-order chi connectivity index (χ1) is 8.52. The van der Waals surface area contributed by atoms with Gasteiger partial charge in [-0.1, -0.05) is 6.92 Å². The first-order valence-corrected chi connectivity index (χ1v) is 5.99. The largest absolute Gasteiger partial charge is 0.391 e. The Morgan fingerprint density at radius 3 is 2.78 bits per heavy atom. The normalized spacial score (nSPS) is 24.2. The number of β-amino-alcohol motifs (C(OH)–C–C–N with tert-alkyl or cyclic N) is 1. The topological polar surface area (TPSA) is 48.4 Å². The Bertz CT molecular complexity index is 442. The number of hydrogen-bond donors (Lipinski definition) is 2. The number of rotatable bonds is 2. The fourth-order valence-electron chi connectivity index (χ4n) is 2.10. The molecule has 0 aromatic carbocycles. The zero-order chi connectivity index (χ0) is 13.3. The molecule has 0 radical (unpaired) electrons. The maximum Gasteiger partial charge on any atom is 0.168 e. The Hall–Kier alpha value is -1.43. The van der Waals surface area contributed by atoms with E-state index in [2.05, 4.69) is 10.3 Å². The molecule has 0 bridgehead atoms. The Balaban J connectivity index is 2.28. The van der Waals surface area contributed by atoms with Gasteiger partial charge in [0.2, 0.25) is 0 Å². The van der Waals surface area contributed by atoms with Crippen LogP contribution >= 0.6 is 0 Å². The van der Waals surface area contributed by atoms with Crippen molar-refractivity contribution in [2.24, 2.45) is 5.92 Å². The molecule has 100 valence electrons. The van der Waals surface area contributed by atoms with E-state index in [0.717, 1.165) is 12.5 Å². The van der Waals surface area contributed by atoms with Crippen molar-refractivity contribution in [3.63, 3.8) is 0 Å². The van der Waals surface area contributed by atoms with Crippen LogP contribution in [-0.4, -0.2) is 36.3 Å². The second-order valence-corrected chi connectivity index (χ2v) is 4.65. The molecule has 1 fully saturated rings. The average molecular weight is 257 g/mol. The monoisotopic (exact) mass is 257 g/mol. The maximum atomic E-state index is 13.7. The van der Waals surface area contributed by atoms with Gasteiger partial charge in [0, 0.05) is 26.2 Å². The van der Waals surface area contributed by atoms with Gasteiger partial charge in [-0.25, -0.2) is 13.8 Å². The Morgan fingerprint density at radius 1 is 1.44 bits per heavy atom. The van der Waals surface area contributed by atoms with Crippen LogP contribution in [0.25, 0.3) is 0 Å². The van der Waals surface area contributed by atoms with E-state index in [1.807, 2.05) is 6.92 Å². The van der Waals surface area contributed by atoms with Crippen LogP contribution in [-0.2, 0) is 0 Å². The zero-order valence-corrected chi connectivity index (χ0v) is 10.5. The first kappa shape index (κ1) is 13.0. The lowest BCUT2D eigenvalue weighted by molar-refractivity contribution is 0.102. The molecule has 1 saturated heterocycles. The minimum atomic E-state index is -0.718. The molecule has 0 aliphatic carbocycles. The van der Waals surface area contributed by atoms with Crippen molar-refractivity contribution in [1.29, 1.82) is 0 Å². The number of aromatic nitrogens is 1. The molecule has 1 aliphatic heterocycles. The van der Waals surface area contributed by atoms with Crippen molar-refractivity contribution in [1.82, 2.24) is 4.98 Å². The molecular weight excluding hydrogens is 240 g/mol. The zero-order valence-electron chi connectivity index (χ0n) is 10.5. The lowest BCUT2D eigenvalue weighted by Gasteiger charge is -2.35. The molecule has 6 heteroatoms. The summed E-state index contributed by atoms with van der Waals surface area (Å²) >= 11 is 0. The van der Waals surface area contributed by atoms with E-state index in [0.29, 0.717) is 13.1 Å². The van der Waals surface area contributed by atoms with Crippen molar-refractivity contribution in [2.45, 2.75) is 19.4 Å². The number of nitrogens with zero attached hydrogens (tertiary/aromatic N) is 2. The molecule has 1 aromatic rings. The number of halogens is 2. The number of piperidine rings is 1. The van der Waals surface area contributed by atoms with Gasteiger partial charge in [-0.05, 0) is 12.3 Å². The van der Waals surface area contributed by atoms with Crippen LogP contribution in [0.5, 0.6) is 0 Å². The van der Waals surface area contributed by atoms with Crippen LogP contribution in [0.3, 0.4) is 0 Å². The van der Waals surface area contributed by atoms with Crippen LogP contribution in [0, 0.1) is 17.6 Å². The van der Waals surface area contributed by atoms with Crippen molar-refractivity contribution in [3.05, 3.63) is 17.7 Å². The molecule has 0 saturated carbocycles. The van der Waals surface area contributed by atoms with Crippen LogP contribution < -0.4 is 10.2 Å². The first-order valence-electron chi connectivity index (χ1n) is 5.99. The molecule has 2 atom stereocenters. The van der Waals surface area contributed by atoms with E-state index in [1.165, 1.54) is 7.05 Å². The van der Waals surface area contributed by atoms with Gasteiger partial charge in [-0.3, -0.25) is 0 Å². The number of nitrogens with one attached hydrogen (secondary N) is 1. The lowest BCUT2D eigenvalue weighted by Crippen LogP contribution is -2.43. The second kappa shape index (κ2) is 5.06. The minimum absolute atomic E-state index is 0.0134. The number of aliphatic hydroxyl groups excluding tert-OH is 1. The molecule has 0 spiro atoms. The summed E-state index contributed by atoms with van der Waals surface area (Å²) in [7, 11) is 1.53. The predicted molar refractivity (Wildman–Crippen MR) is 65.7 cm³/mol. The van der Waals surface area contributed by atoms with Gasteiger partial charge < -0.3 is 15.3 Å². The third-order valence-corrected chi connectivity index (χ3v) is 3.37. The third-order valence-electron chi connectivity index (χ3n) is 3.37. The highest BCUT2D eigenvalue weighted by Crippen LogP contribution is 2.26. The molecular formula is C12H17F2N3O. The van der Waals surface area contributed by atoms with E-state index >= 15 is 0 Å². The highest BCUT2D eigenvalue weighted by Gasteiger charge is 2.27. The van der Waals surface area contributed by atoms with E-state index < -0.39 is 17.7 Å². The van der Waals surface area contributed by atoms with Gasteiger partial charge in [0.1, 0.15) is 0 Å². The highest BCUT2D eigenvalue weighted by molar-refractivity contribution is 5.49. The predicted octanol–water partition coefficient (Wildman–Crippen LogP) is 1.61. The standard InChI is InChI=1S/C12H17F2N3O/c1-7-3-4-17(6-10(7)18)12-9(14)5-8(13)11(15-2)16-12/h5,7,10,18H,3-4,6H2,1-2H3,(H,15,16). The molecule has 1 aliphatic rings. The minimum Gasteiger partial charge on any atom is -0.391 e. The lowest BCUT2D eigenvalue weighted by atomic mass is 9.96. The Morgan fingerprint density at radius 2 is 2.17 bits per heavy atom. The van der Waals surface area contributed by atoms with E-state index in [1.54, 1.807) is 4.90 Å². The Kier molecular flexibility index (Phi) is 3.65. The van der Waals surface area contributed by atoms with Crippen molar-refractivity contribution in [2.75, 3.05) is 30.4 Å². The van der Waals surface area contributed by atoms with Crippen molar-refractivity contribution >= 4 is 11.6 Å². The molecule has 2 N–H and O–H groups in total. The average Bonchev–Trinajstić information content (AvgIpc) is 2.33. The molecule has 2 unspecified atom stereocenters. The van der Waals surface area contributed by atoms with E-state index in [-0.39, 0.29) is 17.6 Å². The third kappa shape index (κ3) is 2.38. The maximum absolute atomic E-state index is 13.7.